The molecular weight excluding hydrogens is 258 g/mol. The van der Waals surface area contributed by atoms with Gasteiger partial charge >= 0.3 is 0 Å². The lowest BCUT2D eigenvalue weighted by Crippen LogP contribution is -2.33. The Labute approximate surface area is 126 Å². The zero-order valence-corrected chi connectivity index (χ0v) is 12.3. The minimum atomic E-state index is 0.0265. The molecule has 1 unspecified atom stereocenters. The average Bonchev–Trinajstić information content (AvgIpc) is 2.88. The molecule has 2 aromatic rings. The van der Waals surface area contributed by atoms with Gasteiger partial charge in [-0.1, -0.05) is 61.5 Å². The Morgan fingerprint density at radius 2 is 1.71 bits per heavy atom. The van der Waals surface area contributed by atoms with Crippen LogP contribution < -0.4 is 5.32 Å². The van der Waals surface area contributed by atoms with Crippen molar-refractivity contribution in [3.63, 3.8) is 0 Å². The number of rotatable bonds is 4. The van der Waals surface area contributed by atoms with Gasteiger partial charge in [-0.15, -0.1) is 0 Å². The molecule has 1 heterocycles. The third kappa shape index (κ3) is 3.22. The second kappa shape index (κ2) is 6.23. The minimum Gasteiger partial charge on any atom is -0.304 e. The van der Waals surface area contributed by atoms with Crippen molar-refractivity contribution in [3.05, 3.63) is 60.2 Å². The predicted molar refractivity (Wildman–Crippen MR) is 86.1 cm³/mol. The highest BCUT2D eigenvalue weighted by Crippen LogP contribution is 2.23. The Hall–Kier alpha value is -1.93. The molecule has 3 rings (SSSR count). The molecule has 1 aliphatic rings. The molecule has 0 bridgehead atoms. The second-order valence-corrected chi connectivity index (χ2v) is 6.01. The molecule has 3 atom stereocenters. The van der Waals surface area contributed by atoms with E-state index in [1.165, 1.54) is 16.7 Å². The summed E-state index contributed by atoms with van der Waals surface area (Å²) in [6, 6.07) is 19.6. The van der Waals surface area contributed by atoms with Gasteiger partial charge in [0, 0.05) is 6.04 Å². The van der Waals surface area contributed by atoms with E-state index in [9.17, 15) is 4.79 Å². The lowest BCUT2D eigenvalue weighted by molar-refractivity contribution is -0.109. The van der Waals surface area contributed by atoms with Crippen LogP contribution in [-0.2, 0) is 11.2 Å². The van der Waals surface area contributed by atoms with Crippen molar-refractivity contribution in [2.75, 3.05) is 0 Å². The number of aldehydes is 1. The van der Waals surface area contributed by atoms with E-state index in [0.29, 0.717) is 12.0 Å². The van der Waals surface area contributed by atoms with Gasteiger partial charge in [0.1, 0.15) is 6.29 Å². The fourth-order valence-electron chi connectivity index (χ4n) is 3.16. The fourth-order valence-corrected chi connectivity index (χ4v) is 3.16. The topological polar surface area (TPSA) is 29.1 Å². The Morgan fingerprint density at radius 3 is 2.33 bits per heavy atom. The first-order valence-electron chi connectivity index (χ1n) is 7.62. The number of hydrogen-bond donors (Lipinski definition) is 1. The van der Waals surface area contributed by atoms with Gasteiger partial charge in [-0.25, -0.2) is 0 Å². The first-order chi connectivity index (χ1) is 10.3. The number of carbonyl (C=O) groups is 1. The zero-order valence-electron chi connectivity index (χ0n) is 12.3. The third-order valence-corrected chi connectivity index (χ3v) is 4.39. The van der Waals surface area contributed by atoms with Crippen molar-refractivity contribution >= 4 is 6.29 Å². The molecule has 2 nitrogen and oxygen atoms in total. The first-order valence-corrected chi connectivity index (χ1v) is 7.62. The molecule has 1 N–H and O–H groups in total. The van der Waals surface area contributed by atoms with Crippen LogP contribution in [0.1, 0.15) is 18.9 Å². The van der Waals surface area contributed by atoms with Gasteiger partial charge in [0.15, 0.2) is 0 Å². The highest BCUT2D eigenvalue weighted by atomic mass is 16.1. The second-order valence-electron chi connectivity index (χ2n) is 6.01. The van der Waals surface area contributed by atoms with Gasteiger partial charge in [-0.2, -0.15) is 0 Å². The molecule has 2 heteroatoms. The monoisotopic (exact) mass is 279 g/mol. The van der Waals surface area contributed by atoms with Crippen LogP contribution in [0.4, 0.5) is 0 Å². The van der Waals surface area contributed by atoms with Gasteiger partial charge < -0.3 is 10.1 Å². The lowest BCUT2D eigenvalue weighted by Gasteiger charge is -2.11. The zero-order chi connectivity index (χ0) is 14.7. The summed E-state index contributed by atoms with van der Waals surface area (Å²) in [5.74, 6) is 0.441. The van der Waals surface area contributed by atoms with Gasteiger partial charge in [-0.3, -0.25) is 0 Å². The summed E-state index contributed by atoms with van der Waals surface area (Å²) in [6.45, 7) is 2.14. The molecule has 1 aliphatic heterocycles. The van der Waals surface area contributed by atoms with Gasteiger partial charge in [0.25, 0.3) is 0 Å². The Bertz CT molecular complexity index is 591. The summed E-state index contributed by atoms with van der Waals surface area (Å²) in [4.78, 5) is 11.0. The molecule has 0 radical (unpaired) electrons. The van der Waals surface area contributed by atoms with Crippen LogP contribution in [0.3, 0.4) is 0 Å². The molecule has 1 saturated heterocycles. The predicted octanol–water partition coefficient (Wildman–Crippen LogP) is 3.46. The van der Waals surface area contributed by atoms with Crippen LogP contribution in [0, 0.1) is 5.92 Å². The highest BCUT2D eigenvalue weighted by molar-refractivity contribution is 5.63. The summed E-state index contributed by atoms with van der Waals surface area (Å²) < 4.78 is 0. The van der Waals surface area contributed by atoms with Crippen molar-refractivity contribution < 1.29 is 4.79 Å². The fraction of sp³-hybridized carbons (Fsp3) is 0.316. The normalized spacial score (nSPS) is 24.9. The first kappa shape index (κ1) is 14.0. The summed E-state index contributed by atoms with van der Waals surface area (Å²) in [6.07, 6.45) is 3.11. The van der Waals surface area contributed by atoms with Crippen molar-refractivity contribution in [1.82, 2.24) is 5.32 Å². The molecule has 0 saturated carbocycles. The smallest absolute Gasteiger partial charge is 0.137 e. The van der Waals surface area contributed by atoms with E-state index in [1.54, 1.807) is 0 Å². The maximum absolute atomic E-state index is 11.0. The van der Waals surface area contributed by atoms with Crippen LogP contribution in [0.15, 0.2) is 54.6 Å². The van der Waals surface area contributed by atoms with Crippen molar-refractivity contribution in [2.45, 2.75) is 31.8 Å². The number of carbonyl (C=O) groups excluding carboxylic acids is 1. The molecule has 2 aromatic carbocycles. The van der Waals surface area contributed by atoms with E-state index < -0.39 is 0 Å². The van der Waals surface area contributed by atoms with E-state index in [4.69, 9.17) is 0 Å². The van der Waals surface area contributed by atoms with E-state index in [2.05, 4.69) is 60.8 Å². The molecule has 0 amide bonds. The van der Waals surface area contributed by atoms with Gasteiger partial charge in [0.05, 0.1) is 6.04 Å². The van der Waals surface area contributed by atoms with Crippen LogP contribution >= 0.6 is 0 Å². The molecule has 0 aromatic heterocycles. The number of nitrogens with one attached hydrogen (secondary N) is 1. The van der Waals surface area contributed by atoms with E-state index in [1.807, 2.05) is 6.07 Å². The lowest BCUT2D eigenvalue weighted by atomic mass is 9.97. The summed E-state index contributed by atoms with van der Waals surface area (Å²) in [5.41, 5.74) is 3.82. The minimum absolute atomic E-state index is 0.0265. The molecular formula is C19H21NO. The molecule has 21 heavy (non-hydrogen) atoms. The van der Waals surface area contributed by atoms with Crippen molar-refractivity contribution in [1.29, 1.82) is 0 Å². The summed E-state index contributed by atoms with van der Waals surface area (Å²) in [5, 5.41) is 3.42. The largest absolute Gasteiger partial charge is 0.304 e. The standard InChI is InChI=1S/C19H21NO/c1-14-11-18(20-19(14)13-21)12-15-7-9-17(10-8-15)16-5-3-2-4-6-16/h2-10,13-14,18-20H,11-12H2,1H3/t14-,18+,19?/m1/s1. The number of hydrogen-bond acceptors (Lipinski definition) is 2. The molecule has 108 valence electrons. The maximum Gasteiger partial charge on any atom is 0.137 e. The Morgan fingerprint density at radius 1 is 1.05 bits per heavy atom. The Balaban J connectivity index is 1.67. The maximum atomic E-state index is 11.0. The van der Waals surface area contributed by atoms with Crippen LogP contribution in [0.5, 0.6) is 0 Å². The SMILES string of the molecule is C[C@@H]1C[C@@H](Cc2ccc(-c3ccccc3)cc2)NC1C=O. The molecule has 0 aliphatic carbocycles. The quantitative estimate of drug-likeness (QED) is 0.868. The van der Waals surface area contributed by atoms with Crippen molar-refractivity contribution in [2.24, 2.45) is 5.92 Å². The summed E-state index contributed by atoms with van der Waals surface area (Å²) in [7, 11) is 0. The average molecular weight is 279 g/mol. The van der Waals surface area contributed by atoms with Crippen LogP contribution in [0.25, 0.3) is 11.1 Å². The van der Waals surface area contributed by atoms with E-state index >= 15 is 0 Å². The van der Waals surface area contributed by atoms with Crippen LogP contribution in [-0.4, -0.2) is 18.4 Å². The van der Waals surface area contributed by atoms with Crippen LogP contribution in [0.2, 0.25) is 0 Å². The third-order valence-electron chi connectivity index (χ3n) is 4.39. The van der Waals surface area contributed by atoms with Crippen molar-refractivity contribution in [3.8, 4) is 11.1 Å². The van der Waals surface area contributed by atoms with Gasteiger partial charge in [-0.05, 0) is 35.4 Å². The van der Waals surface area contributed by atoms with E-state index in [0.717, 1.165) is 19.1 Å². The molecule has 0 spiro atoms. The van der Waals surface area contributed by atoms with E-state index in [-0.39, 0.29) is 6.04 Å². The Kier molecular flexibility index (Phi) is 4.16. The summed E-state index contributed by atoms with van der Waals surface area (Å²) >= 11 is 0. The highest BCUT2D eigenvalue weighted by Gasteiger charge is 2.29. The molecule has 1 fully saturated rings. The number of benzene rings is 2. The van der Waals surface area contributed by atoms with Gasteiger partial charge in [0.2, 0.25) is 0 Å².